The van der Waals surface area contributed by atoms with Gasteiger partial charge in [-0.25, -0.2) is 8.78 Å². The Morgan fingerprint density at radius 2 is 2.00 bits per heavy atom. The van der Waals surface area contributed by atoms with Crippen molar-refractivity contribution in [2.45, 2.75) is 26.9 Å². The van der Waals surface area contributed by atoms with Crippen molar-refractivity contribution in [3.05, 3.63) is 34.9 Å². The van der Waals surface area contributed by atoms with Gasteiger partial charge in [-0.2, -0.15) is 0 Å². The summed E-state index contributed by atoms with van der Waals surface area (Å²) in [5.74, 6) is -0.793. The molecule has 0 aliphatic carbocycles. The Morgan fingerprint density at radius 3 is 2.72 bits per heavy atom. The Kier molecular flexibility index (Phi) is 3.69. The van der Waals surface area contributed by atoms with Crippen LogP contribution >= 0.6 is 0 Å². The topological polar surface area (TPSA) is 21.3 Å². The largest absolute Gasteiger partial charge is 0.371 e. The summed E-state index contributed by atoms with van der Waals surface area (Å²) in [6.07, 6.45) is -0.429. The monoisotopic (exact) mass is 255 g/mol. The molecule has 0 aromatic heterocycles. The van der Waals surface area contributed by atoms with Gasteiger partial charge in [0.1, 0.15) is 11.6 Å². The summed E-state index contributed by atoms with van der Waals surface area (Å²) in [6, 6.07) is 2.47. The normalized spacial score (nSPS) is 23.7. The van der Waals surface area contributed by atoms with Gasteiger partial charge < -0.3 is 10.1 Å². The van der Waals surface area contributed by atoms with Crippen LogP contribution in [0.3, 0.4) is 0 Å². The molecule has 0 bridgehead atoms. The summed E-state index contributed by atoms with van der Waals surface area (Å²) in [5, 5.41) is 3.23. The third-order valence-corrected chi connectivity index (χ3v) is 3.23. The Labute approximate surface area is 106 Å². The summed E-state index contributed by atoms with van der Waals surface area (Å²) in [7, 11) is 0. The maximum absolute atomic E-state index is 13.9. The second-order valence-electron chi connectivity index (χ2n) is 5.72. The zero-order valence-electron chi connectivity index (χ0n) is 11.0. The number of aryl methyl sites for hydroxylation is 1. The molecule has 1 fully saturated rings. The van der Waals surface area contributed by atoms with Gasteiger partial charge in [-0.1, -0.05) is 13.8 Å². The second kappa shape index (κ2) is 4.94. The van der Waals surface area contributed by atoms with Crippen molar-refractivity contribution in [1.82, 2.24) is 5.32 Å². The summed E-state index contributed by atoms with van der Waals surface area (Å²) in [6.45, 7) is 7.54. The van der Waals surface area contributed by atoms with E-state index in [1.807, 2.05) is 0 Å². The first-order valence-corrected chi connectivity index (χ1v) is 6.17. The molecule has 4 heteroatoms. The third-order valence-electron chi connectivity index (χ3n) is 3.23. The Bertz CT molecular complexity index is 446. The average Bonchev–Trinajstić information content (AvgIpc) is 2.45. The lowest BCUT2D eigenvalue weighted by atomic mass is 9.95. The fraction of sp³-hybridized carbons (Fsp3) is 0.571. The van der Waals surface area contributed by atoms with E-state index in [1.165, 1.54) is 12.1 Å². The summed E-state index contributed by atoms with van der Waals surface area (Å²) in [5.41, 5.74) is 0.621. The molecule has 2 nitrogen and oxygen atoms in total. The predicted octanol–water partition coefficient (Wildman–Crippen LogP) is 2.96. The van der Waals surface area contributed by atoms with Crippen molar-refractivity contribution in [2.75, 3.05) is 19.7 Å². The number of ether oxygens (including phenoxy) is 1. The maximum Gasteiger partial charge on any atom is 0.129 e. The molecule has 1 unspecified atom stereocenters. The second-order valence-corrected chi connectivity index (χ2v) is 5.72. The zero-order valence-corrected chi connectivity index (χ0v) is 11.0. The number of rotatable bonds is 1. The molecule has 1 saturated heterocycles. The predicted molar refractivity (Wildman–Crippen MR) is 66.4 cm³/mol. The highest BCUT2D eigenvalue weighted by Gasteiger charge is 2.27. The molecule has 18 heavy (non-hydrogen) atoms. The molecule has 1 N–H and O–H groups in total. The van der Waals surface area contributed by atoms with Crippen LogP contribution in [-0.4, -0.2) is 19.7 Å². The van der Waals surface area contributed by atoms with Gasteiger partial charge in [0.2, 0.25) is 0 Å². The summed E-state index contributed by atoms with van der Waals surface area (Å²) in [4.78, 5) is 0. The highest BCUT2D eigenvalue weighted by molar-refractivity contribution is 5.27. The van der Waals surface area contributed by atoms with E-state index < -0.39 is 17.7 Å². The molecular weight excluding hydrogens is 236 g/mol. The molecule has 1 aliphatic rings. The molecule has 1 atom stereocenters. The van der Waals surface area contributed by atoms with Crippen molar-refractivity contribution in [3.63, 3.8) is 0 Å². The number of hydrogen-bond donors (Lipinski definition) is 1. The maximum atomic E-state index is 13.9. The number of benzene rings is 1. The van der Waals surface area contributed by atoms with Crippen LogP contribution in [0.25, 0.3) is 0 Å². The van der Waals surface area contributed by atoms with E-state index in [-0.39, 0.29) is 5.41 Å². The van der Waals surface area contributed by atoms with Crippen molar-refractivity contribution >= 4 is 0 Å². The lowest BCUT2D eigenvalue weighted by molar-refractivity contribution is 0.0240. The van der Waals surface area contributed by atoms with E-state index in [4.69, 9.17) is 4.74 Å². The Morgan fingerprint density at radius 1 is 1.28 bits per heavy atom. The van der Waals surface area contributed by atoms with Crippen molar-refractivity contribution in [2.24, 2.45) is 5.41 Å². The standard InChI is InChI=1S/C14H19F2NO/c1-9-4-12(16)10(5-11(9)15)13-6-17-7-14(2,3)8-18-13/h4-5,13,17H,6-8H2,1-3H3. The number of hydrogen-bond acceptors (Lipinski definition) is 2. The van der Waals surface area contributed by atoms with E-state index in [0.717, 1.165) is 6.54 Å². The van der Waals surface area contributed by atoms with Crippen LogP contribution < -0.4 is 5.32 Å². The summed E-state index contributed by atoms with van der Waals surface area (Å²) < 4.78 is 33.1. The van der Waals surface area contributed by atoms with Crippen molar-refractivity contribution in [1.29, 1.82) is 0 Å². The van der Waals surface area contributed by atoms with Crippen LogP contribution in [0.2, 0.25) is 0 Å². The van der Waals surface area contributed by atoms with Crippen molar-refractivity contribution in [3.8, 4) is 0 Å². The fourth-order valence-electron chi connectivity index (χ4n) is 2.09. The van der Waals surface area contributed by atoms with E-state index in [9.17, 15) is 8.78 Å². The summed E-state index contributed by atoms with van der Waals surface area (Å²) >= 11 is 0. The molecule has 0 radical (unpaired) electrons. The van der Waals surface area contributed by atoms with E-state index >= 15 is 0 Å². The van der Waals surface area contributed by atoms with Gasteiger partial charge in [0.25, 0.3) is 0 Å². The molecule has 0 spiro atoms. The van der Waals surface area contributed by atoms with Gasteiger partial charge in [0.05, 0.1) is 12.7 Å². The van der Waals surface area contributed by atoms with Gasteiger partial charge in [-0.3, -0.25) is 0 Å². The van der Waals surface area contributed by atoms with Crippen LogP contribution in [0.1, 0.15) is 31.1 Å². The molecule has 1 aromatic rings. The minimum absolute atomic E-state index is 0.00840. The third kappa shape index (κ3) is 2.87. The molecule has 0 saturated carbocycles. The van der Waals surface area contributed by atoms with Gasteiger partial charge in [-0.15, -0.1) is 0 Å². The minimum Gasteiger partial charge on any atom is -0.371 e. The zero-order chi connectivity index (χ0) is 13.3. The number of nitrogens with one attached hydrogen (secondary N) is 1. The molecule has 2 rings (SSSR count). The van der Waals surface area contributed by atoms with Crippen molar-refractivity contribution < 1.29 is 13.5 Å². The molecule has 0 amide bonds. The minimum atomic E-state index is -0.429. The molecule has 100 valence electrons. The van der Waals surface area contributed by atoms with E-state index in [0.29, 0.717) is 24.3 Å². The highest BCUT2D eigenvalue weighted by atomic mass is 19.1. The van der Waals surface area contributed by atoms with Gasteiger partial charge in [0.15, 0.2) is 0 Å². The first kappa shape index (κ1) is 13.4. The van der Waals surface area contributed by atoms with Crippen LogP contribution in [0, 0.1) is 24.0 Å². The molecule has 1 aromatic carbocycles. The van der Waals surface area contributed by atoms with Crippen LogP contribution in [0.15, 0.2) is 12.1 Å². The Balaban J connectivity index is 2.24. The smallest absolute Gasteiger partial charge is 0.129 e. The van der Waals surface area contributed by atoms with Gasteiger partial charge in [0, 0.05) is 24.1 Å². The molecular formula is C14H19F2NO. The average molecular weight is 255 g/mol. The first-order valence-electron chi connectivity index (χ1n) is 6.17. The molecule has 1 aliphatic heterocycles. The lowest BCUT2D eigenvalue weighted by Crippen LogP contribution is -2.29. The van der Waals surface area contributed by atoms with Crippen LogP contribution in [-0.2, 0) is 4.74 Å². The molecule has 1 heterocycles. The van der Waals surface area contributed by atoms with Gasteiger partial charge in [-0.05, 0) is 24.6 Å². The fourth-order valence-corrected chi connectivity index (χ4v) is 2.09. The highest BCUT2D eigenvalue weighted by Crippen LogP contribution is 2.28. The first-order chi connectivity index (χ1) is 8.39. The van der Waals surface area contributed by atoms with E-state index in [2.05, 4.69) is 19.2 Å². The van der Waals surface area contributed by atoms with Crippen LogP contribution in [0.5, 0.6) is 0 Å². The quantitative estimate of drug-likeness (QED) is 0.833. The van der Waals surface area contributed by atoms with Crippen LogP contribution in [0.4, 0.5) is 8.78 Å². The number of halogens is 2. The SMILES string of the molecule is Cc1cc(F)c(C2CNCC(C)(C)CO2)cc1F. The van der Waals surface area contributed by atoms with Gasteiger partial charge >= 0.3 is 0 Å². The van der Waals surface area contributed by atoms with E-state index in [1.54, 1.807) is 6.92 Å². The lowest BCUT2D eigenvalue weighted by Gasteiger charge is -2.22. The Hall–Kier alpha value is -1.00.